The number of ketones is 2. The summed E-state index contributed by atoms with van der Waals surface area (Å²) in [4.78, 5) is 26.2. The minimum atomic E-state index is -0.742. The van der Waals surface area contributed by atoms with E-state index in [1.165, 1.54) is 0 Å². The minimum Gasteiger partial charge on any atom is -0.364 e. The Morgan fingerprint density at radius 3 is 1.63 bits per heavy atom. The summed E-state index contributed by atoms with van der Waals surface area (Å²) in [7, 11) is 0. The van der Waals surface area contributed by atoms with E-state index in [0.717, 1.165) is 5.56 Å². The van der Waals surface area contributed by atoms with Crippen LogP contribution in [0.4, 0.5) is 0 Å². The number of hydrogen-bond acceptors (Lipinski definition) is 3. The predicted molar refractivity (Wildman–Crippen MR) is 104 cm³/mol. The first-order valence-electron chi connectivity index (χ1n) is 9.13. The van der Waals surface area contributed by atoms with Gasteiger partial charge in [0.2, 0.25) is 0 Å². The van der Waals surface area contributed by atoms with Crippen LogP contribution in [-0.4, -0.2) is 17.7 Å². The molecule has 4 rings (SSSR count). The van der Waals surface area contributed by atoms with Crippen LogP contribution in [0, 0.1) is 5.92 Å². The van der Waals surface area contributed by atoms with Gasteiger partial charge in [-0.15, -0.1) is 0 Å². The van der Waals surface area contributed by atoms with Crippen LogP contribution >= 0.6 is 0 Å². The van der Waals surface area contributed by atoms with Crippen molar-refractivity contribution in [2.45, 2.75) is 18.6 Å². The number of rotatable bonds is 7. The molecule has 3 aromatic rings. The Labute approximate surface area is 158 Å². The first-order chi connectivity index (χ1) is 13.2. The number of hydrogen-bond donors (Lipinski definition) is 0. The molecule has 0 amide bonds. The van der Waals surface area contributed by atoms with E-state index in [-0.39, 0.29) is 23.8 Å². The van der Waals surface area contributed by atoms with Crippen LogP contribution < -0.4 is 0 Å². The summed E-state index contributed by atoms with van der Waals surface area (Å²) < 4.78 is 5.80. The number of carbonyl (C=O) groups excluding carboxylic acids is 2. The topological polar surface area (TPSA) is 46.7 Å². The number of epoxide rings is 1. The molecule has 0 aliphatic carbocycles. The van der Waals surface area contributed by atoms with Crippen LogP contribution in [-0.2, 0) is 4.74 Å². The maximum atomic E-state index is 13.1. The molecule has 1 aliphatic heterocycles. The first-order valence-corrected chi connectivity index (χ1v) is 9.13. The number of Topliss-reactive ketones (excluding diaryl/α,β-unsaturated/α-hetero) is 2. The SMILES string of the molecule is O=C(c1ccccc1)C(CC1OC1c1ccccc1)C(=O)c1ccccc1. The highest BCUT2D eigenvalue weighted by molar-refractivity contribution is 6.16. The minimum absolute atomic E-state index is 0.0409. The molecule has 27 heavy (non-hydrogen) atoms. The van der Waals surface area contributed by atoms with Gasteiger partial charge in [-0.1, -0.05) is 91.0 Å². The lowest BCUT2D eigenvalue weighted by Crippen LogP contribution is -2.26. The second kappa shape index (κ2) is 7.68. The summed E-state index contributed by atoms with van der Waals surface area (Å²) in [5.74, 6) is -1.04. The van der Waals surface area contributed by atoms with Gasteiger partial charge in [-0.3, -0.25) is 9.59 Å². The maximum Gasteiger partial charge on any atom is 0.173 e. The fourth-order valence-corrected chi connectivity index (χ4v) is 3.43. The average Bonchev–Trinajstić information content (AvgIpc) is 3.52. The highest BCUT2D eigenvalue weighted by atomic mass is 16.6. The van der Waals surface area contributed by atoms with E-state index in [9.17, 15) is 9.59 Å². The van der Waals surface area contributed by atoms with E-state index in [1.807, 2.05) is 66.7 Å². The highest BCUT2D eigenvalue weighted by Gasteiger charge is 2.44. The van der Waals surface area contributed by atoms with Crippen molar-refractivity contribution in [3.8, 4) is 0 Å². The normalized spacial score (nSPS) is 18.3. The standard InChI is InChI=1S/C24H20O3/c25-22(17-10-4-1-5-11-17)20(23(26)18-12-6-2-7-13-18)16-21-24(27-21)19-14-8-3-9-15-19/h1-15,20-21,24H,16H2. The average molecular weight is 356 g/mol. The van der Waals surface area contributed by atoms with Crippen LogP contribution in [0.1, 0.15) is 38.8 Å². The lowest BCUT2D eigenvalue weighted by atomic mass is 9.85. The summed E-state index contributed by atoms with van der Waals surface area (Å²) >= 11 is 0. The molecule has 1 fully saturated rings. The van der Waals surface area contributed by atoms with Gasteiger partial charge in [0, 0.05) is 11.1 Å². The third-order valence-corrected chi connectivity index (χ3v) is 4.93. The molecule has 2 atom stereocenters. The van der Waals surface area contributed by atoms with Crippen molar-refractivity contribution < 1.29 is 14.3 Å². The summed E-state index contributed by atoms with van der Waals surface area (Å²) in [6.07, 6.45) is 0.236. The highest BCUT2D eigenvalue weighted by Crippen LogP contribution is 2.43. The second-order valence-electron chi connectivity index (χ2n) is 6.75. The molecule has 0 aromatic heterocycles. The molecule has 0 radical (unpaired) electrons. The van der Waals surface area contributed by atoms with E-state index < -0.39 is 5.92 Å². The van der Waals surface area contributed by atoms with Crippen molar-refractivity contribution in [3.63, 3.8) is 0 Å². The van der Waals surface area contributed by atoms with Gasteiger partial charge >= 0.3 is 0 Å². The smallest absolute Gasteiger partial charge is 0.173 e. The Hall–Kier alpha value is -3.04. The van der Waals surface area contributed by atoms with Gasteiger partial charge in [-0.25, -0.2) is 0 Å². The molecule has 3 aromatic carbocycles. The van der Waals surface area contributed by atoms with Gasteiger partial charge in [0.1, 0.15) is 6.10 Å². The van der Waals surface area contributed by atoms with E-state index in [2.05, 4.69) is 0 Å². The lowest BCUT2D eigenvalue weighted by molar-refractivity contribution is 0.0791. The third kappa shape index (κ3) is 3.88. The Kier molecular flexibility index (Phi) is 4.95. The summed E-state index contributed by atoms with van der Waals surface area (Å²) in [6, 6.07) is 28.0. The molecule has 1 aliphatic rings. The Morgan fingerprint density at radius 2 is 1.15 bits per heavy atom. The Balaban J connectivity index is 1.57. The summed E-state index contributed by atoms with van der Waals surface area (Å²) in [6.45, 7) is 0. The largest absolute Gasteiger partial charge is 0.364 e. The van der Waals surface area contributed by atoms with Crippen LogP contribution in [0.3, 0.4) is 0 Å². The molecule has 0 N–H and O–H groups in total. The van der Waals surface area contributed by atoms with Gasteiger partial charge < -0.3 is 4.74 Å². The molecule has 134 valence electrons. The lowest BCUT2D eigenvalue weighted by Gasteiger charge is -2.14. The quantitative estimate of drug-likeness (QED) is 0.344. The van der Waals surface area contributed by atoms with Crippen LogP contribution in [0.15, 0.2) is 91.0 Å². The van der Waals surface area contributed by atoms with Crippen molar-refractivity contribution in [1.82, 2.24) is 0 Å². The van der Waals surface area contributed by atoms with Crippen molar-refractivity contribution in [3.05, 3.63) is 108 Å². The van der Waals surface area contributed by atoms with Crippen LogP contribution in [0.2, 0.25) is 0 Å². The fourth-order valence-electron chi connectivity index (χ4n) is 3.43. The molecule has 3 heteroatoms. The second-order valence-corrected chi connectivity index (χ2v) is 6.75. The van der Waals surface area contributed by atoms with E-state index >= 15 is 0 Å². The van der Waals surface area contributed by atoms with Gasteiger partial charge in [0.15, 0.2) is 11.6 Å². The van der Waals surface area contributed by atoms with Crippen molar-refractivity contribution in [2.24, 2.45) is 5.92 Å². The monoisotopic (exact) mass is 356 g/mol. The van der Waals surface area contributed by atoms with E-state index in [4.69, 9.17) is 4.74 Å². The molecular formula is C24H20O3. The van der Waals surface area contributed by atoms with Gasteiger partial charge in [-0.05, 0) is 12.0 Å². The zero-order valence-corrected chi connectivity index (χ0v) is 14.8. The molecule has 3 nitrogen and oxygen atoms in total. The number of ether oxygens (including phenoxy) is 1. The number of benzene rings is 3. The molecule has 0 bridgehead atoms. The summed E-state index contributed by atoms with van der Waals surface area (Å²) in [5, 5.41) is 0. The zero-order chi connectivity index (χ0) is 18.6. The molecule has 0 saturated carbocycles. The van der Waals surface area contributed by atoms with E-state index in [0.29, 0.717) is 17.5 Å². The van der Waals surface area contributed by atoms with Crippen molar-refractivity contribution in [2.75, 3.05) is 0 Å². The van der Waals surface area contributed by atoms with Gasteiger partial charge in [0.25, 0.3) is 0 Å². The van der Waals surface area contributed by atoms with Crippen molar-refractivity contribution >= 4 is 11.6 Å². The fraction of sp³-hybridized carbons (Fsp3) is 0.167. The zero-order valence-electron chi connectivity index (χ0n) is 14.8. The molecular weight excluding hydrogens is 336 g/mol. The Morgan fingerprint density at radius 1 is 0.704 bits per heavy atom. The van der Waals surface area contributed by atoms with Gasteiger partial charge in [-0.2, -0.15) is 0 Å². The predicted octanol–water partition coefficient (Wildman–Crippen LogP) is 4.90. The van der Waals surface area contributed by atoms with Crippen LogP contribution in [0.25, 0.3) is 0 Å². The third-order valence-electron chi connectivity index (χ3n) is 4.93. The molecule has 1 heterocycles. The molecule has 2 unspecified atom stereocenters. The molecule has 0 spiro atoms. The van der Waals surface area contributed by atoms with Gasteiger partial charge in [0.05, 0.1) is 12.0 Å². The van der Waals surface area contributed by atoms with E-state index in [1.54, 1.807) is 24.3 Å². The molecule has 1 saturated heterocycles. The first kappa shape index (κ1) is 17.4. The Bertz CT molecular complexity index is 868. The van der Waals surface area contributed by atoms with Crippen molar-refractivity contribution in [1.29, 1.82) is 0 Å². The number of carbonyl (C=O) groups is 2. The summed E-state index contributed by atoms with van der Waals surface area (Å²) in [5.41, 5.74) is 2.20. The van der Waals surface area contributed by atoms with Crippen LogP contribution in [0.5, 0.6) is 0 Å². The maximum absolute atomic E-state index is 13.1.